The number of rotatable bonds is 6. The molecule has 2 aromatic rings. The number of ether oxygens (including phenoxy) is 1. The average molecular weight is 378 g/mol. The van der Waals surface area contributed by atoms with Crippen LogP contribution in [0.2, 0.25) is 0 Å². The number of halogens is 1. The Morgan fingerprint density at radius 3 is 2.78 bits per heavy atom. The van der Waals surface area contributed by atoms with E-state index in [1.54, 1.807) is 0 Å². The standard InChI is InChI=1S/C16H16BrN3O3/c17-11-6-4-10(5-7-11)8-18-16-19-13-3-1-2-12(13)15(20-16)23-9-14(21)22/h4-7H,1-3,8-9H2,(H,21,22)(H,18,19,20). The van der Waals surface area contributed by atoms with Gasteiger partial charge in [-0.1, -0.05) is 28.1 Å². The van der Waals surface area contributed by atoms with E-state index in [1.807, 2.05) is 24.3 Å². The predicted molar refractivity (Wildman–Crippen MR) is 88.7 cm³/mol. The third-order valence-corrected chi connectivity index (χ3v) is 4.12. The molecular formula is C16H16BrN3O3. The maximum absolute atomic E-state index is 10.7. The molecule has 2 N–H and O–H groups in total. The summed E-state index contributed by atoms with van der Waals surface area (Å²) in [7, 11) is 0. The molecule has 1 aliphatic rings. The first-order valence-corrected chi connectivity index (χ1v) is 8.14. The van der Waals surface area contributed by atoms with Gasteiger partial charge in [0.2, 0.25) is 11.8 Å². The van der Waals surface area contributed by atoms with Crippen LogP contribution < -0.4 is 10.1 Å². The van der Waals surface area contributed by atoms with Crippen molar-refractivity contribution < 1.29 is 14.6 Å². The van der Waals surface area contributed by atoms with E-state index in [9.17, 15) is 4.79 Å². The second kappa shape index (κ2) is 6.95. The lowest BCUT2D eigenvalue weighted by Gasteiger charge is -2.11. The summed E-state index contributed by atoms with van der Waals surface area (Å²) in [5.74, 6) is -0.165. The number of carboxylic acids is 1. The van der Waals surface area contributed by atoms with Gasteiger partial charge in [-0.15, -0.1) is 0 Å². The lowest BCUT2D eigenvalue weighted by molar-refractivity contribution is -0.139. The summed E-state index contributed by atoms with van der Waals surface area (Å²) >= 11 is 3.40. The maximum Gasteiger partial charge on any atom is 0.341 e. The van der Waals surface area contributed by atoms with Crippen molar-refractivity contribution in [1.82, 2.24) is 9.97 Å². The maximum atomic E-state index is 10.7. The lowest BCUT2D eigenvalue weighted by atomic mass is 10.2. The largest absolute Gasteiger partial charge is 0.479 e. The van der Waals surface area contributed by atoms with Crippen LogP contribution in [0, 0.1) is 0 Å². The molecule has 0 unspecified atom stereocenters. The van der Waals surface area contributed by atoms with Gasteiger partial charge in [-0.25, -0.2) is 9.78 Å². The van der Waals surface area contributed by atoms with E-state index in [1.165, 1.54) is 0 Å². The summed E-state index contributed by atoms with van der Waals surface area (Å²) in [6.45, 7) is 0.194. The molecule has 1 aliphatic carbocycles. The van der Waals surface area contributed by atoms with Gasteiger partial charge in [-0.05, 0) is 37.0 Å². The van der Waals surface area contributed by atoms with Gasteiger partial charge in [-0.2, -0.15) is 4.98 Å². The summed E-state index contributed by atoms with van der Waals surface area (Å²) in [6.07, 6.45) is 2.69. The summed E-state index contributed by atoms with van der Waals surface area (Å²) in [4.78, 5) is 19.6. The van der Waals surface area contributed by atoms with Crippen LogP contribution in [0.3, 0.4) is 0 Å². The average Bonchev–Trinajstić information content (AvgIpc) is 3.00. The smallest absolute Gasteiger partial charge is 0.341 e. The first-order valence-electron chi connectivity index (χ1n) is 7.34. The quantitative estimate of drug-likeness (QED) is 0.804. The Kier molecular flexibility index (Phi) is 4.76. The highest BCUT2D eigenvalue weighted by Crippen LogP contribution is 2.29. The van der Waals surface area contributed by atoms with Crippen LogP contribution in [-0.4, -0.2) is 27.7 Å². The molecule has 7 heteroatoms. The van der Waals surface area contributed by atoms with Crippen LogP contribution >= 0.6 is 15.9 Å². The van der Waals surface area contributed by atoms with Gasteiger partial charge in [0.15, 0.2) is 6.61 Å². The minimum atomic E-state index is -1.01. The summed E-state index contributed by atoms with van der Waals surface area (Å²) < 4.78 is 6.35. The van der Waals surface area contributed by atoms with Crippen molar-refractivity contribution in [2.24, 2.45) is 0 Å². The van der Waals surface area contributed by atoms with Crippen LogP contribution in [0.5, 0.6) is 5.88 Å². The molecule has 3 rings (SSSR count). The van der Waals surface area contributed by atoms with Crippen molar-refractivity contribution in [1.29, 1.82) is 0 Å². The molecule has 1 aromatic carbocycles. The minimum Gasteiger partial charge on any atom is -0.479 e. The highest BCUT2D eigenvalue weighted by molar-refractivity contribution is 9.10. The monoisotopic (exact) mass is 377 g/mol. The summed E-state index contributed by atoms with van der Waals surface area (Å²) in [5, 5.41) is 12.0. The number of hydrogen-bond acceptors (Lipinski definition) is 5. The van der Waals surface area contributed by atoms with Crippen LogP contribution in [0.25, 0.3) is 0 Å². The van der Waals surface area contributed by atoms with Crippen molar-refractivity contribution in [3.63, 3.8) is 0 Å². The number of nitrogens with one attached hydrogen (secondary N) is 1. The number of anilines is 1. The zero-order valence-electron chi connectivity index (χ0n) is 12.4. The van der Waals surface area contributed by atoms with Crippen LogP contribution in [-0.2, 0) is 24.2 Å². The third kappa shape index (κ3) is 3.98. The topological polar surface area (TPSA) is 84.3 Å². The Morgan fingerprint density at radius 1 is 1.26 bits per heavy atom. The molecule has 0 atom stereocenters. The molecule has 1 heterocycles. The molecule has 0 amide bonds. The van der Waals surface area contributed by atoms with Crippen molar-refractivity contribution in [3.05, 3.63) is 45.6 Å². The Labute approximate surface area is 142 Å². The van der Waals surface area contributed by atoms with Gasteiger partial charge in [0.1, 0.15) is 0 Å². The van der Waals surface area contributed by atoms with Gasteiger partial charge >= 0.3 is 5.97 Å². The van der Waals surface area contributed by atoms with E-state index in [4.69, 9.17) is 9.84 Å². The Morgan fingerprint density at radius 2 is 2.04 bits per heavy atom. The van der Waals surface area contributed by atoms with E-state index in [0.29, 0.717) is 18.4 Å². The van der Waals surface area contributed by atoms with E-state index in [2.05, 4.69) is 31.2 Å². The molecule has 1 aromatic heterocycles. The number of aromatic nitrogens is 2. The van der Waals surface area contributed by atoms with Crippen molar-refractivity contribution in [2.75, 3.05) is 11.9 Å². The first-order chi connectivity index (χ1) is 11.1. The highest BCUT2D eigenvalue weighted by atomic mass is 79.9. The number of aliphatic carboxylic acids is 1. The summed E-state index contributed by atoms with van der Waals surface area (Å²) in [6, 6.07) is 7.96. The molecular weight excluding hydrogens is 362 g/mol. The van der Waals surface area contributed by atoms with E-state index in [0.717, 1.165) is 40.6 Å². The van der Waals surface area contributed by atoms with Gasteiger partial charge in [0.05, 0.1) is 5.69 Å². The van der Waals surface area contributed by atoms with E-state index >= 15 is 0 Å². The highest BCUT2D eigenvalue weighted by Gasteiger charge is 2.21. The SMILES string of the molecule is O=C(O)COc1nc(NCc2ccc(Br)cc2)nc2c1CCC2. The molecule has 0 bridgehead atoms. The van der Waals surface area contributed by atoms with Gasteiger partial charge in [0, 0.05) is 16.6 Å². The molecule has 0 spiro atoms. The van der Waals surface area contributed by atoms with E-state index < -0.39 is 12.6 Å². The lowest BCUT2D eigenvalue weighted by Crippen LogP contribution is -2.13. The molecule has 6 nitrogen and oxygen atoms in total. The number of carbonyl (C=O) groups is 1. The van der Waals surface area contributed by atoms with E-state index in [-0.39, 0.29) is 0 Å². The van der Waals surface area contributed by atoms with Gasteiger partial charge in [0.25, 0.3) is 0 Å². The second-order valence-corrected chi connectivity index (χ2v) is 6.21. The van der Waals surface area contributed by atoms with Crippen LogP contribution in [0.15, 0.2) is 28.7 Å². The number of benzene rings is 1. The van der Waals surface area contributed by atoms with Gasteiger partial charge < -0.3 is 15.2 Å². The third-order valence-electron chi connectivity index (χ3n) is 3.59. The molecule has 120 valence electrons. The normalized spacial score (nSPS) is 12.7. The molecule has 0 radical (unpaired) electrons. The molecule has 23 heavy (non-hydrogen) atoms. The zero-order valence-corrected chi connectivity index (χ0v) is 14.0. The Balaban J connectivity index is 1.75. The second-order valence-electron chi connectivity index (χ2n) is 5.29. The van der Waals surface area contributed by atoms with Crippen molar-refractivity contribution >= 4 is 27.8 Å². The first kappa shape index (κ1) is 15.7. The summed E-state index contributed by atoms with van der Waals surface area (Å²) in [5.41, 5.74) is 2.98. The Bertz CT molecular complexity index is 719. The number of fused-ring (bicyclic) bond motifs is 1. The predicted octanol–water partition coefficient (Wildman–Crippen LogP) is 2.80. The number of carboxylic acid groups (broad SMARTS) is 1. The molecule has 0 saturated carbocycles. The van der Waals surface area contributed by atoms with Gasteiger partial charge in [-0.3, -0.25) is 0 Å². The van der Waals surface area contributed by atoms with Crippen molar-refractivity contribution in [2.45, 2.75) is 25.8 Å². The number of nitrogens with zero attached hydrogens (tertiary/aromatic N) is 2. The molecule has 0 aliphatic heterocycles. The fourth-order valence-electron chi connectivity index (χ4n) is 2.51. The fraction of sp³-hybridized carbons (Fsp3) is 0.312. The Hall–Kier alpha value is -2.15. The fourth-order valence-corrected chi connectivity index (χ4v) is 2.77. The zero-order chi connectivity index (χ0) is 16.2. The number of hydrogen-bond donors (Lipinski definition) is 2. The minimum absolute atomic E-state index is 0.383. The molecule has 0 saturated heterocycles. The number of aryl methyl sites for hydroxylation is 1. The van der Waals surface area contributed by atoms with Crippen molar-refractivity contribution in [3.8, 4) is 5.88 Å². The molecule has 0 fully saturated rings. The van der Waals surface area contributed by atoms with Crippen LogP contribution in [0.1, 0.15) is 23.2 Å². The van der Waals surface area contributed by atoms with Crippen LogP contribution in [0.4, 0.5) is 5.95 Å².